The minimum atomic E-state index is 0.753. The van der Waals surface area contributed by atoms with Crippen LogP contribution in [0.4, 0.5) is 0 Å². The molecule has 0 atom stereocenters. The van der Waals surface area contributed by atoms with E-state index in [4.69, 9.17) is 11.6 Å². The monoisotopic (exact) mass is 401 g/mol. The first-order chi connectivity index (χ1) is 14.3. The van der Waals surface area contributed by atoms with E-state index in [-0.39, 0.29) is 0 Å². The highest BCUT2D eigenvalue weighted by molar-refractivity contribution is 6.30. The molecule has 1 nitrogen and oxygen atoms in total. The zero-order valence-corrected chi connectivity index (χ0v) is 18.0. The number of hydrogen-bond acceptors (Lipinski definition) is 1. The molecule has 0 aliphatic rings. The molecule has 0 radical (unpaired) electrons. The SMILES string of the molecule is CC.CN.Clc1cccc(-c2ccc(-c3ccccc3)cc2-c2ccccc2)c1. The van der Waals surface area contributed by atoms with Crippen molar-refractivity contribution in [2.24, 2.45) is 5.73 Å². The van der Waals surface area contributed by atoms with Crippen LogP contribution in [0.15, 0.2) is 103 Å². The first-order valence-corrected chi connectivity index (χ1v) is 10.3. The fraction of sp³-hybridized carbons (Fsp3) is 0.111. The molecule has 4 aromatic carbocycles. The topological polar surface area (TPSA) is 26.0 Å². The van der Waals surface area contributed by atoms with E-state index in [1.54, 1.807) is 0 Å². The Morgan fingerprint density at radius 2 is 1.03 bits per heavy atom. The molecule has 0 aliphatic carbocycles. The molecule has 0 bridgehead atoms. The molecule has 0 aliphatic heterocycles. The average molecular weight is 402 g/mol. The third-order valence-corrected chi connectivity index (χ3v) is 4.58. The second-order valence-corrected chi connectivity index (χ2v) is 6.44. The summed E-state index contributed by atoms with van der Waals surface area (Å²) in [6, 6.07) is 35.6. The van der Waals surface area contributed by atoms with Gasteiger partial charge in [0.15, 0.2) is 0 Å². The number of nitrogens with two attached hydrogens (primary N) is 1. The van der Waals surface area contributed by atoms with Gasteiger partial charge in [0.25, 0.3) is 0 Å². The van der Waals surface area contributed by atoms with Gasteiger partial charge in [0.1, 0.15) is 0 Å². The minimum Gasteiger partial charge on any atom is -0.333 e. The van der Waals surface area contributed by atoms with Gasteiger partial charge in [-0.25, -0.2) is 0 Å². The third-order valence-electron chi connectivity index (χ3n) is 4.35. The van der Waals surface area contributed by atoms with E-state index in [1.165, 1.54) is 34.9 Å². The summed E-state index contributed by atoms with van der Waals surface area (Å²) < 4.78 is 0. The van der Waals surface area contributed by atoms with Gasteiger partial charge in [0, 0.05) is 5.02 Å². The van der Waals surface area contributed by atoms with Gasteiger partial charge in [-0.2, -0.15) is 0 Å². The molecule has 148 valence electrons. The van der Waals surface area contributed by atoms with Crippen LogP contribution in [0.5, 0.6) is 0 Å². The van der Waals surface area contributed by atoms with Crippen molar-refractivity contribution in [2.75, 3.05) is 7.05 Å². The van der Waals surface area contributed by atoms with Crippen LogP contribution in [-0.2, 0) is 0 Å². The van der Waals surface area contributed by atoms with Gasteiger partial charge in [0.05, 0.1) is 0 Å². The molecule has 0 amide bonds. The maximum Gasteiger partial charge on any atom is 0.0412 e. The zero-order chi connectivity index (χ0) is 21.1. The van der Waals surface area contributed by atoms with Crippen molar-refractivity contribution in [1.29, 1.82) is 0 Å². The number of benzene rings is 4. The fourth-order valence-corrected chi connectivity index (χ4v) is 3.31. The van der Waals surface area contributed by atoms with Crippen molar-refractivity contribution in [1.82, 2.24) is 0 Å². The van der Waals surface area contributed by atoms with Crippen molar-refractivity contribution in [2.45, 2.75) is 13.8 Å². The van der Waals surface area contributed by atoms with Crippen LogP contribution in [0.2, 0.25) is 5.02 Å². The lowest BCUT2D eigenvalue weighted by atomic mass is 9.91. The number of halogens is 1. The summed E-state index contributed by atoms with van der Waals surface area (Å²) in [4.78, 5) is 0. The maximum absolute atomic E-state index is 6.22. The molecular formula is C27H28ClN. The van der Waals surface area contributed by atoms with E-state index < -0.39 is 0 Å². The van der Waals surface area contributed by atoms with Crippen LogP contribution in [0.1, 0.15) is 13.8 Å². The largest absolute Gasteiger partial charge is 0.333 e. The first-order valence-electron chi connectivity index (χ1n) is 9.90. The Kier molecular flexibility index (Phi) is 9.17. The highest BCUT2D eigenvalue weighted by Crippen LogP contribution is 2.36. The van der Waals surface area contributed by atoms with Crippen LogP contribution in [0.3, 0.4) is 0 Å². The number of hydrogen-bond donors (Lipinski definition) is 1. The van der Waals surface area contributed by atoms with Gasteiger partial charge >= 0.3 is 0 Å². The summed E-state index contributed by atoms with van der Waals surface area (Å²) in [6.45, 7) is 4.00. The molecule has 0 saturated carbocycles. The molecule has 0 fully saturated rings. The average Bonchev–Trinajstić information content (AvgIpc) is 2.82. The van der Waals surface area contributed by atoms with E-state index in [1.807, 2.05) is 44.2 Å². The Morgan fingerprint density at radius 1 is 0.483 bits per heavy atom. The molecule has 4 aromatic rings. The Balaban J connectivity index is 0.000000707. The minimum absolute atomic E-state index is 0.753. The molecule has 0 saturated heterocycles. The lowest BCUT2D eigenvalue weighted by Crippen LogP contribution is -1.87. The fourth-order valence-electron chi connectivity index (χ4n) is 3.12. The maximum atomic E-state index is 6.22. The molecule has 0 unspecified atom stereocenters. The lowest BCUT2D eigenvalue weighted by molar-refractivity contribution is 1.48. The van der Waals surface area contributed by atoms with E-state index in [0.29, 0.717) is 0 Å². The second-order valence-electron chi connectivity index (χ2n) is 6.00. The molecule has 0 aromatic heterocycles. The Labute approximate surface area is 179 Å². The predicted octanol–water partition coefficient (Wildman–Crippen LogP) is 7.94. The summed E-state index contributed by atoms with van der Waals surface area (Å²) in [5, 5.41) is 0.753. The third kappa shape index (κ3) is 5.80. The van der Waals surface area contributed by atoms with Crippen molar-refractivity contribution in [3.8, 4) is 33.4 Å². The molecule has 2 heteroatoms. The predicted molar refractivity (Wildman–Crippen MR) is 129 cm³/mol. The molecule has 0 heterocycles. The first kappa shape index (κ1) is 22.4. The summed E-state index contributed by atoms with van der Waals surface area (Å²) in [5.41, 5.74) is 11.7. The van der Waals surface area contributed by atoms with Crippen LogP contribution < -0.4 is 5.73 Å². The van der Waals surface area contributed by atoms with E-state index in [0.717, 1.165) is 10.6 Å². The highest BCUT2D eigenvalue weighted by atomic mass is 35.5. The van der Waals surface area contributed by atoms with Gasteiger partial charge in [-0.3, -0.25) is 0 Å². The Hall–Kier alpha value is -2.87. The van der Waals surface area contributed by atoms with Crippen LogP contribution in [0.25, 0.3) is 33.4 Å². The van der Waals surface area contributed by atoms with Gasteiger partial charge in [-0.15, -0.1) is 0 Å². The zero-order valence-electron chi connectivity index (χ0n) is 17.3. The second kappa shape index (κ2) is 11.9. The van der Waals surface area contributed by atoms with Gasteiger partial charge < -0.3 is 5.73 Å². The Morgan fingerprint density at radius 3 is 1.62 bits per heavy atom. The standard InChI is InChI=1S/C24H17Cl.C2H6.CH5N/c25-22-13-7-12-21(16-22)23-15-14-20(18-8-3-1-4-9-18)17-24(23)19-10-5-2-6-11-19;2*1-2/h1-17H;1-2H3;2H2,1H3. The van der Waals surface area contributed by atoms with E-state index in [2.05, 4.69) is 78.5 Å². The normalized spacial score (nSPS) is 9.55. The molecule has 2 N–H and O–H groups in total. The quantitative estimate of drug-likeness (QED) is 0.370. The smallest absolute Gasteiger partial charge is 0.0412 e. The van der Waals surface area contributed by atoms with Gasteiger partial charge in [-0.1, -0.05) is 110 Å². The van der Waals surface area contributed by atoms with Crippen molar-refractivity contribution in [3.63, 3.8) is 0 Å². The van der Waals surface area contributed by atoms with E-state index >= 15 is 0 Å². The highest BCUT2D eigenvalue weighted by Gasteiger charge is 2.10. The summed E-state index contributed by atoms with van der Waals surface area (Å²) >= 11 is 6.22. The molecular weight excluding hydrogens is 374 g/mol. The van der Waals surface area contributed by atoms with Gasteiger partial charge in [-0.05, 0) is 58.6 Å². The van der Waals surface area contributed by atoms with E-state index in [9.17, 15) is 0 Å². The van der Waals surface area contributed by atoms with Crippen LogP contribution in [0, 0.1) is 0 Å². The van der Waals surface area contributed by atoms with Gasteiger partial charge in [0.2, 0.25) is 0 Å². The van der Waals surface area contributed by atoms with Crippen molar-refractivity contribution in [3.05, 3.63) is 108 Å². The summed E-state index contributed by atoms with van der Waals surface area (Å²) in [5.74, 6) is 0. The molecule has 4 rings (SSSR count). The summed E-state index contributed by atoms with van der Waals surface area (Å²) in [7, 11) is 1.50. The lowest BCUT2D eigenvalue weighted by Gasteiger charge is -2.13. The van der Waals surface area contributed by atoms with Crippen LogP contribution in [-0.4, -0.2) is 7.05 Å². The summed E-state index contributed by atoms with van der Waals surface area (Å²) in [6.07, 6.45) is 0. The molecule has 0 spiro atoms. The Bertz CT molecular complexity index is 995. The van der Waals surface area contributed by atoms with Crippen LogP contribution >= 0.6 is 11.6 Å². The van der Waals surface area contributed by atoms with Crippen molar-refractivity contribution < 1.29 is 0 Å². The molecule has 29 heavy (non-hydrogen) atoms. The number of rotatable bonds is 3. The van der Waals surface area contributed by atoms with Crippen molar-refractivity contribution >= 4 is 11.6 Å².